The van der Waals surface area contributed by atoms with E-state index in [2.05, 4.69) is 13.0 Å². The van der Waals surface area contributed by atoms with Gasteiger partial charge in [-0.3, -0.25) is 0 Å². The van der Waals surface area contributed by atoms with E-state index in [-0.39, 0.29) is 0 Å². The standard InChI is InChI=1S/C14H22O2.BH3O3/c1-10-7-6-8-12(11(10)2)9-14(5,16)13(3,4)15;2-1(3)4/h6-8,15-16H,9H2,1-5H3;2-4H. The number of aliphatic hydroxyl groups is 2. The molecule has 0 aliphatic heterocycles. The van der Waals surface area contributed by atoms with Crippen molar-refractivity contribution < 1.29 is 25.3 Å². The van der Waals surface area contributed by atoms with Crippen LogP contribution in [0.25, 0.3) is 0 Å². The van der Waals surface area contributed by atoms with Crippen molar-refractivity contribution in [2.75, 3.05) is 0 Å². The second-order valence-electron chi connectivity index (χ2n) is 5.72. The molecule has 0 fully saturated rings. The molecule has 20 heavy (non-hydrogen) atoms. The molecule has 1 unspecified atom stereocenters. The Morgan fingerprint density at radius 1 is 1.00 bits per heavy atom. The molecule has 1 aromatic carbocycles. The fraction of sp³-hybridized carbons (Fsp3) is 0.571. The average molecular weight is 284 g/mol. The molecule has 5 nitrogen and oxygen atoms in total. The topological polar surface area (TPSA) is 101 Å². The highest BCUT2D eigenvalue weighted by Gasteiger charge is 2.37. The molecule has 0 aromatic heterocycles. The summed E-state index contributed by atoms with van der Waals surface area (Å²) in [6.45, 7) is 9.05. The number of rotatable bonds is 3. The van der Waals surface area contributed by atoms with E-state index in [1.807, 2.05) is 19.1 Å². The number of hydrogen-bond donors (Lipinski definition) is 5. The van der Waals surface area contributed by atoms with E-state index < -0.39 is 18.5 Å². The summed E-state index contributed by atoms with van der Waals surface area (Å²) in [4.78, 5) is 0. The van der Waals surface area contributed by atoms with Gasteiger partial charge in [-0.05, 0) is 51.3 Å². The van der Waals surface area contributed by atoms with Gasteiger partial charge in [-0.1, -0.05) is 18.2 Å². The van der Waals surface area contributed by atoms with E-state index in [9.17, 15) is 10.2 Å². The van der Waals surface area contributed by atoms with E-state index in [1.54, 1.807) is 20.8 Å². The van der Waals surface area contributed by atoms with Crippen molar-refractivity contribution in [2.45, 2.75) is 52.2 Å². The molecule has 6 heteroatoms. The normalized spacial score (nSPS) is 14.1. The first-order valence-electron chi connectivity index (χ1n) is 6.42. The summed E-state index contributed by atoms with van der Waals surface area (Å²) >= 11 is 0. The maximum Gasteiger partial charge on any atom is 0.631 e. The van der Waals surface area contributed by atoms with Crippen LogP contribution in [0.1, 0.15) is 37.5 Å². The van der Waals surface area contributed by atoms with Gasteiger partial charge in [-0.25, -0.2) is 0 Å². The van der Waals surface area contributed by atoms with Crippen LogP contribution in [0.5, 0.6) is 0 Å². The van der Waals surface area contributed by atoms with Crippen LogP contribution in [0.15, 0.2) is 18.2 Å². The predicted octanol–water partition coefficient (Wildman–Crippen LogP) is 0.316. The van der Waals surface area contributed by atoms with Gasteiger partial charge >= 0.3 is 7.32 Å². The van der Waals surface area contributed by atoms with Crippen LogP contribution in [-0.2, 0) is 6.42 Å². The lowest BCUT2D eigenvalue weighted by Gasteiger charge is -2.36. The third kappa shape index (κ3) is 6.03. The van der Waals surface area contributed by atoms with E-state index in [4.69, 9.17) is 15.1 Å². The van der Waals surface area contributed by atoms with Crippen molar-refractivity contribution in [2.24, 2.45) is 0 Å². The molecular weight excluding hydrogens is 259 g/mol. The van der Waals surface area contributed by atoms with Gasteiger partial charge in [0.1, 0.15) is 0 Å². The summed E-state index contributed by atoms with van der Waals surface area (Å²) in [6.07, 6.45) is 0.462. The largest absolute Gasteiger partial charge is 0.631 e. The van der Waals surface area contributed by atoms with Gasteiger partial charge in [0, 0.05) is 6.42 Å². The van der Waals surface area contributed by atoms with Crippen LogP contribution in [0.2, 0.25) is 0 Å². The number of hydrogen-bond acceptors (Lipinski definition) is 5. The van der Waals surface area contributed by atoms with Crippen molar-refractivity contribution >= 4 is 7.32 Å². The number of benzene rings is 1. The molecular formula is C14H25BO5. The molecule has 114 valence electrons. The van der Waals surface area contributed by atoms with Gasteiger partial charge in [-0.15, -0.1) is 0 Å². The molecule has 0 saturated heterocycles. The minimum absolute atomic E-state index is 0.462. The van der Waals surface area contributed by atoms with Crippen molar-refractivity contribution in [3.05, 3.63) is 34.9 Å². The zero-order valence-corrected chi connectivity index (χ0v) is 12.8. The van der Waals surface area contributed by atoms with Crippen LogP contribution >= 0.6 is 0 Å². The van der Waals surface area contributed by atoms with Gasteiger partial charge < -0.3 is 25.3 Å². The highest BCUT2D eigenvalue weighted by molar-refractivity contribution is 6.30. The quantitative estimate of drug-likeness (QED) is 0.514. The molecule has 0 radical (unpaired) electrons. The van der Waals surface area contributed by atoms with Crippen LogP contribution in [0.4, 0.5) is 0 Å². The average Bonchev–Trinajstić information content (AvgIpc) is 2.22. The molecule has 0 spiro atoms. The lowest BCUT2D eigenvalue weighted by molar-refractivity contribution is -0.118. The van der Waals surface area contributed by atoms with E-state index in [1.165, 1.54) is 11.1 Å². The minimum atomic E-state index is -2.17. The molecule has 5 N–H and O–H groups in total. The summed E-state index contributed by atoms with van der Waals surface area (Å²) in [7, 11) is -2.17. The Morgan fingerprint density at radius 2 is 1.45 bits per heavy atom. The zero-order chi connectivity index (χ0) is 16.1. The molecule has 1 rings (SSSR count). The summed E-state index contributed by atoms with van der Waals surface area (Å²) in [5, 5.41) is 41.7. The second-order valence-corrected chi connectivity index (χ2v) is 5.72. The Bertz CT molecular complexity index is 421. The first-order chi connectivity index (χ1) is 8.88. The lowest BCUT2D eigenvalue weighted by Crippen LogP contribution is -2.49. The molecule has 0 saturated carbocycles. The monoisotopic (exact) mass is 284 g/mol. The van der Waals surface area contributed by atoms with Crippen molar-refractivity contribution in [3.63, 3.8) is 0 Å². The van der Waals surface area contributed by atoms with Crippen molar-refractivity contribution in [1.29, 1.82) is 0 Å². The third-order valence-electron chi connectivity index (χ3n) is 3.57. The van der Waals surface area contributed by atoms with Crippen molar-refractivity contribution in [1.82, 2.24) is 0 Å². The van der Waals surface area contributed by atoms with Crippen LogP contribution in [-0.4, -0.2) is 43.8 Å². The predicted molar refractivity (Wildman–Crippen MR) is 79.0 cm³/mol. The van der Waals surface area contributed by atoms with Crippen LogP contribution in [0.3, 0.4) is 0 Å². The Morgan fingerprint density at radius 3 is 1.85 bits per heavy atom. The van der Waals surface area contributed by atoms with Gasteiger partial charge in [0.15, 0.2) is 0 Å². The Labute approximate surface area is 120 Å². The zero-order valence-electron chi connectivity index (χ0n) is 12.8. The third-order valence-corrected chi connectivity index (χ3v) is 3.57. The molecule has 0 aliphatic rings. The highest BCUT2D eigenvalue weighted by Crippen LogP contribution is 2.27. The second kappa shape index (κ2) is 7.20. The Balaban J connectivity index is 0.000000796. The molecule has 1 aromatic rings. The molecule has 0 bridgehead atoms. The SMILES string of the molecule is Cc1cccc(CC(C)(O)C(C)(C)O)c1C.OB(O)O. The van der Waals surface area contributed by atoms with Crippen LogP contribution < -0.4 is 0 Å². The summed E-state index contributed by atoms with van der Waals surface area (Å²) in [6, 6.07) is 6.04. The first kappa shape index (κ1) is 19.1. The maximum absolute atomic E-state index is 10.3. The Hall–Kier alpha value is -0.915. The summed E-state index contributed by atoms with van der Waals surface area (Å²) in [5.74, 6) is 0. The summed E-state index contributed by atoms with van der Waals surface area (Å²) in [5.41, 5.74) is 1.26. The van der Waals surface area contributed by atoms with E-state index in [0.29, 0.717) is 6.42 Å². The maximum atomic E-state index is 10.3. The highest BCUT2D eigenvalue weighted by atomic mass is 16.5. The molecule has 0 heterocycles. The fourth-order valence-corrected chi connectivity index (χ4v) is 1.59. The van der Waals surface area contributed by atoms with Crippen LogP contribution in [0, 0.1) is 13.8 Å². The van der Waals surface area contributed by atoms with Gasteiger partial charge in [0.05, 0.1) is 11.2 Å². The molecule has 0 amide bonds. The van der Waals surface area contributed by atoms with Gasteiger partial charge in [0.25, 0.3) is 0 Å². The molecule has 1 atom stereocenters. The fourth-order valence-electron chi connectivity index (χ4n) is 1.59. The van der Waals surface area contributed by atoms with E-state index >= 15 is 0 Å². The summed E-state index contributed by atoms with van der Waals surface area (Å²) < 4.78 is 0. The van der Waals surface area contributed by atoms with Gasteiger partial charge in [-0.2, -0.15) is 0 Å². The Kier molecular flexibility index (Phi) is 6.87. The number of aryl methyl sites for hydroxylation is 1. The lowest BCUT2D eigenvalue weighted by atomic mass is 9.81. The smallest absolute Gasteiger partial charge is 0.402 e. The van der Waals surface area contributed by atoms with Crippen molar-refractivity contribution in [3.8, 4) is 0 Å². The minimum Gasteiger partial charge on any atom is -0.402 e. The van der Waals surface area contributed by atoms with E-state index in [0.717, 1.165) is 5.56 Å². The first-order valence-corrected chi connectivity index (χ1v) is 6.42. The molecule has 0 aliphatic carbocycles. The van der Waals surface area contributed by atoms with Gasteiger partial charge in [0.2, 0.25) is 0 Å².